The highest BCUT2D eigenvalue weighted by atomic mass is 16.5. The molecule has 0 unspecified atom stereocenters. The molecule has 1 N–H and O–H groups in total. The Balaban J connectivity index is 2.22. The van der Waals surface area contributed by atoms with Crippen LogP contribution in [-0.4, -0.2) is 38.4 Å². The van der Waals surface area contributed by atoms with E-state index in [0.29, 0.717) is 17.2 Å². The fraction of sp³-hybridized carbons (Fsp3) is 0.294. The van der Waals surface area contributed by atoms with E-state index in [9.17, 15) is 5.11 Å². The predicted molar refractivity (Wildman–Crippen MR) is 87.0 cm³/mol. The van der Waals surface area contributed by atoms with Gasteiger partial charge in [0, 0.05) is 39.0 Å². The molecule has 0 aliphatic rings. The second kappa shape index (κ2) is 6.96. The largest absolute Gasteiger partial charge is 0.371 e. The number of ether oxygens (including phenoxy) is 2. The lowest BCUT2D eigenvalue weighted by Crippen LogP contribution is -2.36. The number of hydrogen-bond acceptors (Lipinski definition) is 5. The Morgan fingerprint density at radius 1 is 0.917 bits per heavy atom. The van der Waals surface area contributed by atoms with Crippen molar-refractivity contribution in [3.05, 3.63) is 72.3 Å². The number of benzene rings is 1. The lowest BCUT2D eigenvalue weighted by Gasteiger charge is -2.28. The van der Waals surface area contributed by atoms with Gasteiger partial charge in [0.15, 0.2) is 11.6 Å². The molecule has 0 spiro atoms. The van der Waals surface area contributed by atoms with Crippen molar-refractivity contribution in [1.29, 1.82) is 0 Å². The fourth-order valence-electron chi connectivity index (χ4n) is 2.78. The highest BCUT2D eigenvalue weighted by Gasteiger charge is 2.41. The first-order valence-corrected chi connectivity index (χ1v) is 7.50. The molecule has 3 aromatic rings. The average molecular weight is 328 g/mol. The molecule has 0 radical (unpaired) electrons. The van der Waals surface area contributed by atoms with Gasteiger partial charge in [0.2, 0.25) is 5.60 Å². The van der Waals surface area contributed by atoms with Crippen LogP contribution in [0.4, 0.5) is 0 Å². The number of aromatic nitrogens is 4. The van der Waals surface area contributed by atoms with Crippen LogP contribution in [0.2, 0.25) is 0 Å². The van der Waals surface area contributed by atoms with Crippen LogP contribution < -0.4 is 0 Å². The van der Waals surface area contributed by atoms with Gasteiger partial charge in [0.25, 0.3) is 0 Å². The Morgan fingerprint density at radius 3 is 1.88 bits per heavy atom. The van der Waals surface area contributed by atoms with Crippen molar-refractivity contribution >= 4 is 0 Å². The predicted octanol–water partition coefficient (Wildman–Crippen LogP) is 1.57. The first kappa shape index (κ1) is 16.4. The van der Waals surface area contributed by atoms with Gasteiger partial charge in [-0.15, -0.1) is 0 Å². The van der Waals surface area contributed by atoms with Gasteiger partial charge >= 0.3 is 0 Å². The molecule has 0 amide bonds. The van der Waals surface area contributed by atoms with E-state index in [2.05, 4.69) is 9.97 Å². The molecule has 0 saturated carbocycles. The third-order valence-electron chi connectivity index (χ3n) is 3.81. The Hall–Kier alpha value is -2.48. The molecule has 0 aliphatic carbocycles. The normalized spacial score (nSPS) is 11.8. The van der Waals surface area contributed by atoms with Crippen molar-refractivity contribution in [3.8, 4) is 0 Å². The summed E-state index contributed by atoms with van der Waals surface area (Å²) in [6, 6.07) is 9.32. The number of nitrogens with zero attached hydrogens (tertiary/aromatic N) is 4. The smallest absolute Gasteiger partial charge is 0.206 e. The van der Waals surface area contributed by atoms with Crippen LogP contribution in [-0.2, 0) is 28.5 Å². The van der Waals surface area contributed by atoms with Gasteiger partial charge in [-0.3, -0.25) is 0 Å². The highest BCUT2D eigenvalue weighted by Crippen LogP contribution is 2.34. The van der Waals surface area contributed by atoms with E-state index >= 15 is 0 Å². The SMILES string of the molecule is COCn1ccnc1C(O)(c1ccccc1)c1nccn1COC. The molecular formula is C17H20N4O3. The first-order chi connectivity index (χ1) is 11.7. The van der Waals surface area contributed by atoms with E-state index in [4.69, 9.17) is 9.47 Å². The van der Waals surface area contributed by atoms with Crippen LogP contribution in [0.3, 0.4) is 0 Å². The van der Waals surface area contributed by atoms with E-state index in [-0.39, 0.29) is 13.5 Å². The van der Waals surface area contributed by atoms with Crippen LogP contribution in [0, 0.1) is 0 Å². The van der Waals surface area contributed by atoms with Crippen molar-refractivity contribution in [3.63, 3.8) is 0 Å². The minimum atomic E-state index is -1.54. The molecule has 0 bridgehead atoms. The number of rotatable bonds is 7. The second-order valence-corrected chi connectivity index (χ2v) is 5.35. The Labute approximate surface area is 140 Å². The van der Waals surface area contributed by atoms with Gasteiger partial charge in [-0.25, -0.2) is 9.97 Å². The van der Waals surface area contributed by atoms with E-state index in [1.54, 1.807) is 48.1 Å². The minimum Gasteiger partial charge on any atom is -0.371 e. The van der Waals surface area contributed by atoms with Gasteiger partial charge in [0.1, 0.15) is 13.5 Å². The molecule has 1 aromatic carbocycles. The molecule has 2 aromatic heterocycles. The average Bonchev–Trinajstić information content (AvgIpc) is 3.26. The van der Waals surface area contributed by atoms with E-state index < -0.39 is 5.60 Å². The van der Waals surface area contributed by atoms with E-state index in [1.165, 1.54) is 0 Å². The molecule has 0 atom stereocenters. The zero-order valence-corrected chi connectivity index (χ0v) is 13.7. The van der Waals surface area contributed by atoms with Crippen LogP contribution in [0.1, 0.15) is 17.2 Å². The molecule has 2 heterocycles. The summed E-state index contributed by atoms with van der Waals surface area (Å²) in [5, 5.41) is 11.7. The van der Waals surface area contributed by atoms with Gasteiger partial charge in [-0.1, -0.05) is 30.3 Å². The zero-order chi connectivity index (χ0) is 17.0. The summed E-state index contributed by atoms with van der Waals surface area (Å²) < 4.78 is 13.9. The van der Waals surface area contributed by atoms with Crippen molar-refractivity contribution in [2.24, 2.45) is 0 Å². The summed E-state index contributed by atoms with van der Waals surface area (Å²) in [5.74, 6) is 0.859. The van der Waals surface area contributed by atoms with Crippen molar-refractivity contribution in [2.45, 2.75) is 19.1 Å². The molecule has 7 heteroatoms. The Kier molecular flexibility index (Phi) is 4.75. The Bertz CT molecular complexity index is 738. The monoisotopic (exact) mass is 328 g/mol. The van der Waals surface area contributed by atoms with Crippen molar-refractivity contribution in [2.75, 3.05) is 14.2 Å². The van der Waals surface area contributed by atoms with Gasteiger partial charge in [-0.2, -0.15) is 0 Å². The quantitative estimate of drug-likeness (QED) is 0.713. The van der Waals surface area contributed by atoms with Crippen LogP contribution in [0.15, 0.2) is 55.1 Å². The molecule has 126 valence electrons. The maximum Gasteiger partial charge on any atom is 0.206 e. The fourth-order valence-corrected chi connectivity index (χ4v) is 2.78. The van der Waals surface area contributed by atoms with Crippen molar-refractivity contribution in [1.82, 2.24) is 19.1 Å². The standard InChI is InChI=1S/C17H20N4O3/c1-23-12-20-10-8-18-15(20)17(22,14-6-4-3-5-7-14)16-19-9-11-21(16)13-24-2/h3-11,22H,12-13H2,1-2H3. The number of methoxy groups -OCH3 is 2. The van der Waals surface area contributed by atoms with Crippen LogP contribution >= 0.6 is 0 Å². The highest BCUT2D eigenvalue weighted by molar-refractivity contribution is 5.37. The maximum absolute atomic E-state index is 11.7. The summed E-state index contributed by atoms with van der Waals surface area (Å²) in [5.41, 5.74) is -0.872. The molecule has 24 heavy (non-hydrogen) atoms. The Morgan fingerprint density at radius 2 is 1.42 bits per heavy atom. The third kappa shape index (κ3) is 2.73. The summed E-state index contributed by atoms with van der Waals surface area (Å²) in [6.07, 6.45) is 6.78. The molecule has 0 fully saturated rings. The molecule has 0 saturated heterocycles. The van der Waals surface area contributed by atoms with E-state index in [0.717, 1.165) is 0 Å². The minimum absolute atomic E-state index is 0.273. The number of imidazole rings is 2. The second-order valence-electron chi connectivity index (χ2n) is 5.35. The van der Waals surface area contributed by atoms with Gasteiger partial charge in [0.05, 0.1) is 0 Å². The van der Waals surface area contributed by atoms with E-state index in [1.807, 2.05) is 30.3 Å². The third-order valence-corrected chi connectivity index (χ3v) is 3.81. The summed E-state index contributed by atoms with van der Waals surface area (Å²) in [4.78, 5) is 8.76. The van der Waals surface area contributed by atoms with Crippen LogP contribution in [0.25, 0.3) is 0 Å². The summed E-state index contributed by atoms with van der Waals surface area (Å²) >= 11 is 0. The van der Waals surface area contributed by atoms with Crippen molar-refractivity contribution < 1.29 is 14.6 Å². The zero-order valence-electron chi connectivity index (χ0n) is 13.7. The number of hydrogen-bond donors (Lipinski definition) is 1. The van der Waals surface area contributed by atoms with Crippen LogP contribution in [0.5, 0.6) is 0 Å². The lowest BCUT2D eigenvalue weighted by atomic mass is 9.91. The lowest BCUT2D eigenvalue weighted by molar-refractivity contribution is 0.0636. The maximum atomic E-state index is 11.7. The topological polar surface area (TPSA) is 74.3 Å². The summed E-state index contributed by atoms with van der Waals surface area (Å²) in [7, 11) is 3.19. The number of aliphatic hydroxyl groups is 1. The molecule has 0 aliphatic heterocycles. The summed E-state index contributed by atoms with van der Waals surface area (Å²) in [6.45, 7) is 0.547. The van der Waals surface area contributed by atoms with Gasteiger partial charge < -0.3 is 23.7 Å². The molecule has 7 nitrogen and oxygen atoms in total. The molecule has 3 rings (SSSR count). The molecular weight excluding hydrogens is 308 g/mol. The van der Waals surface area contributed by atoms with Gasteiger partial charge in [-0.05, 0) is 5.56 Å². The first-order valence-electron chi connectivity index (χ1n) is 7.50.